The minimum Gasteiger partial charge on any atom is -0.458 e. The van der Waals surface area contributed by atoms with Crippen LogP contribution in [0.25, 0.3) is 22.3 Å². The fourth-order valence-electron chi connectivity index (χ4n) is 6.07. The number of carbonyl (C=O) groups excluding carboxylic acids is 2. The Balaban J connectivity index is 1.49. The van der Waals surface area contributed by atoms with E-state index in [2.05, 4.69) is 22.2 Å². The first-order valence-corrected chi connectivity index (χ1v) is 14.4. The number of likely N-dealkylation sites (N-methyl/N-ethyl adjacent to an activating group) is 1. The van der Waals surface area contributed by atoms with Gasteiger partial charge in [-0.1, -0.05) is 6.92 Å². The molecule has 3 aliphatic heterocycles. The van der Waals surface area contributed by atoms with Crippen molar-refractivity contribution >= 4 is 28.7 Å². The summed E-state index contributed by atoms with van der Waals surface area (Å²) in [6, 6.07) is 7.29. The monoisotopic (exact) mass is 575 g/mol. The molecule has 3 aliphatic rings. The number of anilines is 1. The average Bonchev–Trinajstić information content (AvgIpc) is 3.30. The van der Waals surface area contributed by atoms with E-state index in [1.807, 2.05) is 32.9 Å². The van der Waals surface area contributed by atoms with Crippen LogP contribution in [0.5, 0.6) is 0 Å². The van der Waals surface area contributed by atoms with Crippen LogP contribution in [-0.4, -0.2) is 75.3 Å². The number of amides is 1. The van der Waals surface area contributed by atoms with Crippen LogP contribution in [0.3, 0.4) is 0 Å². The Kier molecular flexibility index (Phi) is 6.87. The summed E-state index contributed by atoms with van der Waals surface area (Å²) in [5.74, 6) is -0.743. The molecule has 11 nitrogen and oxygen atoms in total. The van der Waals surface area contributed by atoms with Crippen molar-refractivity contribution in [3.63, 3.8) is 0 Å². The lowest BCUT2D eigenvalue weighted by atomic mass is 9.86. The van der Waals surface area contributed by atoms with Gasteiger partial charge in [-0.15, -0.1) is 0 Å². The predicted octanol–water partition coefficient (Wildman–Crippen LogP) is 3.17. The van der Waals surface area contributed by atoms with Gasteiger partial charge in [0.25, 0.3) is 5.56 Å². The summed E-state index contributed by atoms with van der Waals surface area (Å²) in [6.45, 7) is 11.6. The van der Waals surface area contributed by atoms with Crippen molar-refractivity contribution in [2.45, 2.75) is 65.0 Å². The quantitative estimate of drug-likeness (QED) is 0.353. The molecule has 3 aromatic rings. The number of cyclic esters (lactones) is 1. The SMILES string of the molecule is CC[C@@]1(O)C(=O)OCc2c1cc1n(c2=O)Cc2c-1nc1ccc(NC(=O)OC(C)(C)C)cc1c2CN1CCN(C)CC1. The number of rotatable bonds is 4. The third kappa shape index (κ3) is 4.85. The van der Waals surface area contributed by atoms with Crippen LogP contribution < -0.4 is 10.9 Å². The van der Waals surface area contributed by atoms with Crippen LogP contribution in [0.15, 0.2) is 29.1 Å². The highest BCUT2D eigenvalue weighted by molar-refractivity contribution is 5.94. The second kappa shape index (κ2) is 10.2. The van der Waals surface area contributed by atoms with Crippen molar-refractivity contribution in [2.24, 2.45) is 0 Å². The van der Waals surface area contributed by atoms with Gasteiger partial charge in [0.2, 0.25) is 0 Å². The fourth-order valence-corrected chi connectivity index (χ4v) is 6.07. The van der Waals surface area contributed by atoms with Crippen molar-refractivity contribution < 1.29 is 24.2 Å². The summed E-state index contributed by atoms with van der Waals surface area (Å²) < 4.78 is 12.3. The molecule has 0 unspecified atom stereocenters. The number of nitrogens with zero attached hydrogens (tertiary/aromatic N) is 4. The van der Waals surface area contributed by atoms with Gasteiger partial charge in [-0.25, -0.2) is 14.6 Å². The number of hydrogen-bond acceptors (Lipinski definition) is 9. The smallest absolute Gasteiger partial charge is 0.412 e. The lowest BCUT2D eigenvalue weighted by Crippen LogP contribution is -2.44. The van der Waals surface area contributed by atoms with E-state index in [1.54, 1.807) is 23.6 Å². The zero-order chi connectivity index (χ0) is 30.0. The molecule has 0 bridgehead atoms. The van der Waals surface area contributed by atoms with Crippen molar-refractivity contribution in [1.82, 2.24) is 19.4 Å². The molecule has 1 saturated heterocycles. The molecule has 0 aliphatic carbocycles. The van der Waals surface area contributed by atoms with Crippen molar-refractivity contribution in [3.05, 3.63) is 56.9 Å². The van der Waals surface area contributed by atoms with Gasteiger partial charge < -0.3 is 24.0 Å². The molecule has 11 heteroatoms. The van der Waals surface area contributed by atoms with E-state index >= 15 is 0 Å². The number of benzene rings is 1. The number of aliphatic hydroxyl groups is 1. The number of hydrogen-bond donors (Lipinski definition) is 2. The number of piperazine rings is 1. The molecule has 1 aromatic carbocycles. The molecule has 2 N–H and O–H groups in total. The number of nitrogens with one attached hydrogen (secondary N) is 1. The minimum absolute atomic E-state index is 0.0851. The topological polar surface area (TPSA) is 126 Å². The summed E-state index contributed by atoms with van der Waals surface area (Å²) in [4.78, 5) is 48.6. The summed E-state index contributed by atoms with van der Waals surface area (Å²) in [5, 5.41) is 15.0. The third-order valence-electron chi connectivity index (χ3n) is 8.43. The molecule has 222 valence electrons. The van der Waals surface area contributed by atoms with Crippen LogP contribution >= 0.6 is 0 Å². The first-order valence-electron chi connectivity index (χ1n) is 14.4. The minimum atomic E-state index is -1.88. The van der Waals surface area contributed by atoms with Crippen molar-refractivity contribution in [1.29, 1.82) is 0 Å². The van der Waals surface area contributed by atoms with E-state index in [0.29, 0.717) is 41.3 Å². The molecule has 0 radical (unpaired) electrons. The van der Waals surface area contributed by atoms with Crippen molar-refractivity contribution in [3.8, 4) is 11.4 Å². The molecule has 2 aromatic heterocycles. The van der Waals surface area contributed by atoms with E-state index in [4.69, 9.17) is 14.5 Å². The van der Waals surface area contributed by atoms with Crippen molar-refractivity contribution in [2.75, 3.05) is 38.5 Å². The molecule has 0 spiro atoms. The number of pyridine rings is 2. The Morgan fingerprint density at radius 1 is 1.14 bits per heavy atom. The van der Waals surface area contributed by atoms with E-state index < -0.39 is 23.3 Å². The maximum absolute atomic E-state index is 13.8. The molecule has 1 amide bonds. The maximum atomic E-state index is 13.8. The highest BCUT2D eigenvalue weighted by atomic mass is 16.6. The molecular weight excluding hydrogens is 538 g/mol. The molecule has 5 heterocycles. The van der Waals surface area contributed by atoms with Crippen LogP contribution in [0.2, 0.25) is 0 Å². The summed E-state index contributed by atoms with van der Waals surface area (Å²) >= 11 is 0. The number of carbonyl (C=O) groups is 2. The largest absolute Gasteiger partial charge is 0.458 e. The number of aromatic nitrogens is 2. The fraction of sp³-hybridized carbons (Fsp3) is 0.484. The predicted molar refractivity (Wildman–Crippen MR) is 157 cm³/mol. The summed E-state index contributed by atoms with van der Waals surface area (Å²) in [7, 11) is 2.11. The lowest BCUT2D eigenvalue weighted by molar-refractivity contribution is -0.172. The Morgan fingerprint density at radius 2 is 1.88 bits per heavy atom. The van der Waals surface area contributed by atoms with Gasteiger partial charge in [0, 0.05) is 54.9 Å². The average molecular weight is 576 g/mol. The summed E-state index contributed by atoms with van der Waals surface area (Å²) in [6.07, 6.45) is -0.455. The number of esters is 1. The van der Waals surface area contributed by atoms with E-state index in [0.717, 1.165) is 48.2 Å². The van der Waals surface area contributed by atoms with Gasteiger partial charge in [-0.05, 0) is 64.1 Å². The zero-order valence-corrected chi connectivity index (χ0v) is 24.7. The van der Waals surface area contributed by atoms with E-state index in [9.17, 15) is 19.5 Å². The Bertz CT molecular complexity index is 1670. The van der Waals surface area contributed by atoms with Gasteiger partial charge in [0.15, 0.2) is 5.60 Å². The molecule has 1 atom stereocenters. The van der Waals surface area contributed by atoms with E-state index in [-0.39, 0.29) is 18.6 Å². The van der Waals surface area contributed by atoms with Crippen LogP contribution in [0.1, 0.15) is 56.4 Å². The van der Waals surface area contributed by atoms with Crippen LogP contribution in [0, 0.1) is 0 Å². The van der Waals surface area contributed by atoms with Crippen LogP contribution in [-0.2, 0) is 39.6 Å². The van der Waals surface area contributed by atoms with Gasteiger partial charge in [0.1, 0.15) is 12.2 Å². The number of fused-ring (bicyclic) bond motifs is 5. The highest BCUT2D eigenvalue weighted by Gasteiger charge is 2.45. The Labute approximate surface area is 244 Å². The summed E-state index contributed by atoms with van der Waals surface area (Å²) in [5.41, 5.74) is 2.29. The Morgan fingerprint density at radius 3 is 2.57 bits per heavy atom. The molecule has 0 saturated carbocycles. The molecule has 42 heavy (non-hydrogen) atoms. The van der Waals surface area contributed by atoms with Crippen LogP contribution in [0.4, 0.5) is 10.5 Å². The zero-order valence-electron chi connectivity index (χ0n) is 24.7. The second-order valence-corrected chi connectivity index (χ2v) is 12.5. The molecule has 1 fully saturated rings. The lowest BCUT2D eigenvalue weighted by Gasteiger charge is -2.33. The van der Waals surface area contributed by atoms with Gasteiger partial charge >= 0.3 is 12.1 Å². The van der Waals surface area contributed by atoms with E-state index in [1.165, 1.54) is 0 Å². The number of ether oxygens (including phenoxy) is 2. The molecule has 6 rings (SSSR count). The van der Waals surface area contributed by atoms with Gasteiger partial charge in [0.05, 0.1) is 29.0 Å². The normalized spacial score (nSPS) is 20.6. The first-order chi connectivity index (χ1) is 19.9. The maximum Gasteiger partial charge on any atom is 0.412 e. The highest BCUT2D eigenvalue weighted by Crippen LogP contribution is 2.41. The van der Waals surface area contributed by atoms with Gasteiger partial charge in [-0.2, -0.15) is 0 Å². The first kappa shape index (κ1) is 28.3. The van der Waals surface area contributed by atoms with Gasteiger partial charge in [-0.3, -0.25) is 15.0 Å². The Hall–Kier alpha value is -3.80. The molecular formula is C31H37N5O6. The standard InChI is InChI=1S/C31H37N5O6/c1-6-31(40)23-14-25-26-21(16-36(25)27(37)22(23)17-41-28(31)38)20(15-35-11-9-34(5)10-12-35)19-13-18(7-8-24(19)33-26)32-29(39)42-30(2,3)4/h7-8,13-14,40H,6,9-12,15-17H2,1-5H3,(H,32,39)/t31-/m0/s1. The second-order valence-electron chi connectivity index (χ2n) is 12.5. The third-order valence-corrected chi connectivity index (χ3v) is 8.43.